The molecule has 0 fully saturated rings. The Morgan fingerprint density at radius 3 is 2.45 bits per heavy atom. The van der Waals surface area contributed by atoms with E-state index in [1.165, 1.54) is 32.2 Å². The number of rotatable bonds is 5. The molecule has 9 nitrogen and oxygen atoms in total. The van der Waals surface area contributed by atoms with Crippen LogP contribution in [0.1, 0.15) is 17.3 Å². The zero-order chi connectivity index (χ0) is 16.9. The van der Waals surface area contributed by atoms with Gasteiger partial charge in [0.1, 0.15) is 0 Å². The summed E-state index contributed by atoms with van der Waals surface area (Å²) in [5, 5.41) is 1.76. The number of urea groups is 1. The standard InChI is InChI=1S/C12H15N3O6S/c1-7(10(16)15-12(13)18)21-11(17)8-4-3-5-9(6-8)22(19,20)14-2/h3-7,14H,1-2H3,(H3,13,15,16,18)/t7-/m1/s1. The van der Waals surface area contributed by atoms with Crippen molar-refractivity contribution in [1.29, 1.82) is 0 Å². The molecule has 0 aliphatic carbocycles. The van der Waals surface area contributed by atoms with Crippen molar-refractivity contribution < 1.29 is 27.5 Å². The first kappa shape index (κ1) is 17.6. The molecule has 3 amide bonds. The van der Waals surface area contributed by atoms with E-state index in [0.717, 1.165) is 6.07 Å². The Hall–Kier alpha value is -2.46. The molecular formula is C12H15N3O6S. The zero-order valence-electron chi connectivity index (χ0n) is 11.8. The van der Waals surface area contributed by atoms with Gasteiger partial charge in [-0.1, -0.05) is 6.07 Å². The topological polar surface area (TPSA) is 145 Å². The fraction of sp³-hybridized carbons (Fsp3) is 0.250. The van der Waals surface area contributed by atoms with Crippen LogP contribution in [0.15, 0.2) is 29.2 Å². The summed E-state index contributed by atoms with van der Waals surface area (Å²) in [6, 6.07) is 4.01. The Labute approximate surface area is 126 Å². The Morgan fingerprint density at radius 1 is 1.27 bits per heavy atom. The molecule has 0 unspecified atom stereocenters. The molecule has 1 atom stereocenters. The number of carbonyl (C=O) groups excluding carboxylic acids is 3. The molecule has 1 rings (SSSR count). The molecule has 10 heteroatoms. The van der Waals surface area contributed by atoms with Gasteiger partial charge in [0, 0.05) is 0 Å². The van der Waals surface area contributed by atoms with Crippen molar-refractivity contribution in [3.8, 4) is 0 Å². The minimum Gasteiger partial charge on any atom is -0.449 e. The average molecular weight is 329 g/mol. The maximum atomic E-state index is 11.9. The van der Waals surface area contributed by atoms with Crippen molar-refractivity contribution in [2.24, 2.45) is 5.73 Å². The minimum absolute atomic E-state index is 0.0601. The summed E-state index contributed by atoms with van der Waals surface area (Å²) in [5.41, 5.74) is 4.71. The van der Waals surface area contributed by atoms with Crippen molar-refractivity contribution >= 4 is 27.9 Å². The van der Waals surface area contributed by atoms with Gasteiger partial charge in [-0.2, -0.15) is 0 Å². The third kappa shape index (κ3) is 4.53. The molecule has 0 heterocycles. The van der Waals surface area contributed by atoms with E-state index in [2.05, 4.69) is 4.72 Å². The Kier molecular flexibility index (Phi) is 5.60. The lowest BCUT2D eigenvalue weighted by molar-refractivity contribution is -0.127. The van der Waals surface area contributed by atoms with Crippen LogP contribution in [0.25, 0.3) is 0 Å². The van der Waals surface area contributed by atoms with E-state index in [1.54, 1.807) is 5.32 Å². The molecule has 4 N–H and O–H groups in total. The number of hydrogen-bond donors (Lipinski definition) is 3. The van der Waals surface area contributed by atoms with Crippen LogP contribution in [0.3, 0.4) is 0 Å². The highest BCUT2D eigenvalue weighted by molar-refractivity contribution is 7.89. The predicted molar refractivity (Wildman–Crippen MR) is 75.3 cm³/mol. The van der Waals surface area contributed by atoms with Gasteiger partial charge in [0.15, 0.2) is 6.10 Å². The summed E-state index contributed by atoms with van der Waals surface area (Å²) in [6.07, 6.45) is -1.27. The number of imide groups is 1. The second kappa shape index (κ2) is 7.00. The lowest BCUT2D eigenvalue weighted by Crippen LogP contribution is -2.42. The highest BCUT2D eigenvalue weighted by atomic mass is 32.2. The van der Waals surface area contributed by atoms with Crippen LogP contribution in [0.2, 0.25) is 0 Å². The van der Waals surface area contributed by atoms with Crippen LogP contribution in [0.5, 0.6) is 0 Å². The fourth-order valence-electron chi connectivity index (χ4n) is 1.41. The zero-order valence-corrected chi connectivity index (χ0v) is 12.6. The van der Waals surface area contributed by atoms with Crippen LogP contribution < -0.4 is 15.8 Å². The van der Waals surface area contributed by atoms with Crippen molar-refractivity contribution in [3.63, 3.8) is 0 Å². The molecule has 120 valence electrons. The van der Waals surface area contributed by atoms with Crippen LogP contribution >= 0.6 is 0 Å². The maximum absolute atomic E-state index is 11.9. The quantitative estimate of drug-likeness (QED) is 0.611. The molecule has 0 saturated carbocycles. The molecule has 0 bridgehead atoms. The van der Waals surface area contributed by atoms with E-state index < -0.39 is 34.0 Å². The first-order valence-electron chi connectivity index (χ1n) is 6.02. The molecule has 22 heavy (non-hydrogen) atoms. The monoisotopic (exact) mass is 329 g/mol. The van der Waals surface area contributed by atoms with E-state index in [0.29, 0.717) is 0 Å². The van der Waals surface area contributed by atoms with E-state index >= 15 is 0 Å². The van der Waals surface area contributed by atoms with Crippen LogP contribution in [-0.2, 0) is 19.6 Å². The van der Waals surface area contributed by atoms with E-state index in [9.17, 15) is 22.8 Å². The van der Waals surface area contributed by atoms with Gasteiger partial charge in [0.2, 0.25) is 10.0 Å². The summed E-state index contributed by atoms with van der Waals surface area (Å²) in [4.78, 5) is 33.7. The van der Waals surface area contributed by atoms with Gasteiger partial charge in [-0.05, 0) is 32.2 Å². The summed E-state index contributed by atoms with van der Waals surface area (Å²) in [7, 11) is -2.48. The summed E-state index contributed by atoms with van der Waals surface area (Å²) in [6.45, 7) is 1.24. The second-order valence-electron chi connectivity index (χ2n) is 4.14. The first-order chi connectivity index (χ1) is 10.2. The van der Waals surface area contributed by atoms with Gasteiger partial charge < -0.3 is 10.5 Å². The lowest BCUT2D eigenvalue weighted by Gasteiger charge is -2.12. The van der Waals surface area contributed by atoms with Crippen molar-refractivity contribution in [1.82, 2.24) is 10.0 Å². The van der Waals surface area contributed by atoms with Crippen LogP contribution in [0, 0.1) is 0 Å². The summed E-state index contributed by atoms with van der Waals surface area (Å²) < 4.78 is 30.2. The number of sulfonamides is 1. The van der Waals surface area contributed by atoms with Gasteiger partial charge in [-0.3, -0.25) is 10.1 Å². The molecule has 0 saturated heterocycles. The van der Waals surface area contributed by atoms with Gasteiger partial charge in [0.05, 0.1) is 10.5 Å². The summed E-state index contributed by atoms with van der Waals surface area (Å²) in [5.74, 6) is -1.81. The maximum Gasteiger partial charge on any atom is 0.338 e. The highest BCUT2D eigenvalue weighted by Gasteiger charge is 2.21. The Balaban J connectivity index is 2.89. The minimum atomic E-state index is -3.71. The first-order valence-corrected chi connectivity index (χ1v) is 7.50. The van der Waals surface area contributed by atoms with Gasteiger partial charge >= 0.3 is 12.0 Å². The molecule has 0 radical (unpaired) electrons. The smallest absolute Gasteiger partial charge is 0.338 e. The molecule has 0 aliphatic rings. The molecule has 0 aromatic heterocycles. The SMILES string of the molecule is CNS(=O)(=O)c1cccc(C(=O)O[C@H](C)C(=O)NC(N)=O)c1. The number of nitrogens with two attached hydrogens (primary N) is 1. The number of hydrogen-bond acceptors (Lipinski definition) is 6. The van der Waals surface area contributed by atoms with E-state index in [-0.39, 0.29) is 10.5 Å². The number of ether oxygens (including phenoxy) is 1. The number of esters is 1. The van der Waals surface area contributed by atoms with E-state index in [4.69, 9.17) is 10.5 Å². The molecule has 1 aromatic carbocycles. The Bertz CT molecular complexity index is 701. The van der Waals surface area contributed by atoms with Gasteiger partial charge in [-0.15, -0.1) is 0 Å². The van der Waals surface area contributed by atoms with Crippen molar-refractivity contribution in [2.45, 2.75) is 17.9 Å². The molecule has 0 aliphatic heterocycles. The van der Waals surface area contributed by atoms with Gasteiger partial charge in [0.25, 0.3) is 5.91 Å². The Morgan fingerprint density at radius 2 is 1.91 bits per heavy atom. The largest absolute Gasteiger partial charge is 0.449 e. The van der Waals surface area contributed by atoms with Crippen molar-refractivity contribution in [3.05, 3.63) is 29.8 Å². The number of benzene rings is 1. The number of amides is 3. The normalized spacial score (nSPS) is 12.3. The number of primary amides is 1. The van der Waals surface area contributed by atoms with Crippen LogP contribution in [-0.4, -0.2) is 39.5 Å². The van der Waals surface area contributed by atoms with Gasteiger partial charge in [-0.25, -0.2) is 22.7 Å². The van der Waals surface area contributed by atoms with E-state index in [1.807, 2.05) is 0 Å². The van der Waals surface area contributed by atoms with Crippen LogP contribution in [0.4, 0.5) is 4.79 Å². The third-order valence-corrected chi connectivity index (χ3v) is 3.96. The third-order valence-electron chi connectivity index (χ3n) is 2.55. The number of carbonyl (C=O) groups is 3. The molecular weight excluding hydrogens is 314 g/mol. The number of nitrogens with one attached hydrogen (secondary N) is 2. The lowest BCUT2D eigenvalue weighted by atomic mass is 10.2. The molecule has 1 aromatic rings. The fourth-order valence-corrected chi connectivity index (χ4v) is 2.19. The average Bonchev–Trinajstić information content (AvgIpc) is 2.46. The van der Waals surface area contributed by atoms with Crippen molar-refractivity contribution in [2.75, 3.05) is 7.05 Å². The highest BCUT2D eigenvalue weighted by Crippen LogP contribution is 2.12. The molecule has 0 spiro atoms. The predicted octanol–water partition coefficient (Wildman–Crippen LogP) is -0.665. The second-order valence-corrected chi connectivity index (χ2v) is 6.02. The summed E-state index contributed by atoms with van der Waals surface area (Å²) >= 11 is 0.